The highest BCUT2D eigenvalue weighted by molar-refractivity contribution is 5.78. The highest BCUT2D eigenvalue weighted by Gasteiger charge is 2.20. The minimum atomic E-state index is -0.114. The predicted octanol–water partition coefficient (Wildman–Crippen LogP) is 3.18. The monoisotopic (exact) mass is 382 g/mol. The van der Waals surface area contributed by atoms with Crippen LogP contribution in [0.4, 0.5) is 0 Å². The Morgan fingerprint density at radius 2 is 1.79 bits per heavy atom. The van der Waals surface area contributed by atoms with Gasteiger partial charge in [-0.3, -0.25) is 9.69 Å². The van der Waals surface area contributed by atoms with Crippen LogP contribution < -0.4 is 10.1 Å². The van der Waals surface area contributed by atoms with Gasteiger partial charge in [-0.2, -0.15) is 0 Å². The van der Waals surface area contributed by atoms with E-state index in [1.165, 1.54) is 11.1 Å². The van der Waals surface area contributed by atoms with Crippen molar-refractivity contribution >= 4 is 5.91 Å². The van der Waals surface area contributed by atoms with E-state index in [2.05, 4.69) is 48.3 Å². The fourth-order valence-electron chi connectivity index (χ4n) is 3.26. The van der Waals surface area contributed by atoms with E-state index < -0.39 is 0 Å². The summed E-state index contributed by atoms with van der Waals surface area (Å²) in [5.41, 5.74) is 4.68. The van der Waals surface area contributed by atoms with Crippen molar-refractivity contribution in [2.75, 3.05) is 39.5 Å². The number of carbonyl (C=O) groups excluding carboxylic acids is 1. The highest BCUT2D eigenvalue weighted by atomic mass is 16.5. The zero-order valence-corrected chi connectivity index (χ0v) is 17.0. The topological polar surface area (TPSA) is 50.8 Å². The fourth-order valence-corrected chi connectivity index (χ4v) is 3.26. The van der Waals surface area contributed by atoms with E-state index >= 15 is 0 Å². The van der Waals surface area contributed by atoms with Gasteiger partial charge in [-0.1, -0.05) is 35.9 Å². The largest absolute Gasteiger partial charge is 0.484 e. The van der Waals surface area contributed by atoms with Gasteiger partial charge in [0.05, 0.1) is 19.3 Å². The summed E-state index contributed by atoms with van der Waals surface area (Å²) in [5, 5.41) is 3.15. The summed E-state index contributed by atoms with van der Waals surface area (Å²) in [6.45, 7) is 10.2. The minimum absolute atomic E-state index is 0.00791. The van der Waals surface area contributed by atoms with E-state index in [9.17, 15) is 4.79 Å². The lowest BCUT2D eigenvalue weighted by molar-refractivity contribution is -0.124. The van der Waals surface area contributed by atoms with E-state index in [4.69, 9.17) is 9.47 Å². The van der Waals surface area contributed by atoms with Crippen LogP contribution in [0.5, 0.6) is 5.75 Å². The zero-order chi connectivity index (χ0) is 19.9. The van der Waals surface area contributed by atoms with Crippen LogP contribution in [0.1, 0.15) is 28.3 Å². The summed E-state index contributed by atoms with van der Waals surface area (Å²) in [5.74, 6) is 0.607. The van der Waals surface area contributed by atoms with Crippen molar-refractivity contribution in [1.29, 1.82) is 0 Å². The molecule has 1 saturated heterocycles. The second kappa shape index (κ2) is 9.71. The van der Waals surface area contributed by atoms with Crippen LogP contribution in [-0.2, 0) is 9.53 Å². The van der Waals surface area contributed by atoms with Crippen LogP contribution >= 0.6 is 0 Å². The quantitative estimate of drug-likeness (QED) is 0.799. The van der Waals surface area contributed by atoms with E-state index in [0.717, 1.165) is 49.7 Å². The lowest BCUT2D eigenvalue weighted by atomic mass is 10.0. The third-order valence-electron chi connectivity index (χ3n) is 5.21. The fraction of sp³-hybridized carbons (Fsp3) is 0.435. The molecule has 1 heterocycles. The molecule has 0 aromatic heterocycles. The van der Waals surface area contributed by atoms with Crippen LogP contribution in [0.15, 0.2) is 42.5 Å². The van der Waals surface area contributed by atoms with Gasteiger partial charge in [0.2, 0.25) is 0 Å². The molecule has 2 aromatic rings. The van der Waals surface area contributed by atoms with Crippen molar-refractivity contribution < 1.29 is 14.3 Å². The Hall–Kier alpha value is -2.37. The molecule has 0 aliphatic carbocycles. The van der Waals surface area contributed by atoms with Gasteiger partial charge in [0, 0.05) is 19.6 Å². The van der Waals surface area contributed by atoms with Gasteiger partial charge in [0.15, 0.2) is 6.61 Å². The molecule has 1 aliphatic heterocycles. The molecule has 2 aromatic carbocycles. The van der Waals surface area contributed by atoms with Crippen molar-refractivity contribution in [3.8, 4) is 5.75 Å². The summed E-state index contributed by atoms with van der Waals surface area (Å²) in [6.07, 6.45) is 0. The van der Waals surface area contributed by atoms with Crippen molar-refractivity contribution in [2.24, 2.45) is 0 Å². The molecule has 3 rings (SSSR count). The third kappa shape index (κ3) is 5.81. The number of morpholine rings is 1. The number of hydrogen-bond acceptors (Lipinski definition) is 4. The smallest absolute Gasteiger partial charge is 0.258 e. The Kier molecular flexibility index (Phi) is 7.06. The number of aryl methyl sites for hydroxylation is 3. The van der Waals surface area contributed by atoms with Crippen molar-refractivity contribution in [2.45, 2.75) is 26.8 Å². The van der Waals surface area contributed by atoms with Gasteiger partial charge in [-0.15, -0.1) is 0 Å². The minimum Gasteiger partial charge on any atom is -0.484 e. The lowest BCUT2D eigenvalue weighted by Gasteiger charge is -2.31. The summed E-state index contributed by atoms with van der Waals surface area (Å²) < 4.78 is 11.1. The number of rotatable bonds is 7. The normalized spacial score (nSPS) is 15.8. The molecule has 0 spiro atoms. The Morgan fingerprint density at radius 1 is 1.07 bits per heavy atom. The molecule has 1 fully saturated rings. The molecule has 0 bridgehead atoms. The molecule has 1 amide bonds. The second-order valence-electron chi connectivity index (χ2n) is 7.48. The number of benzene rings is 2. The molecule has 5 nitrogen and oxygen atoms in total. The first-order chi connectivity index (χ1) is 13.5. The Balaban J connectivity index is 1.62. The number of nitrogens with one attached hydrogen (secondary N) is 1. The van der Waals surface area contributed by atoms with Crippen molar-refractivity contribution in [1.82, 2.24) is 10.2 Å². The van der Waals surface area contributed by atoms with Gasteiger partial charge in [-0.05, 0) is 49.6 Å². The Labute approximate surface area is 167 Å². The predicted molar refractivity (Wildman–Crippen MR) is 111 cm³/mol. The number of hydrogen-bond donors (Lipinski definition) is 1. The zero-order valence-electron chi connectivity index (χ0n) is 17.0. The molecular weight excluding hydrogens is 352 g/mol. The molecular formula is C23H30N2O3. The van der Waals surface area contributed by atoms with Gasteiger partial charge in [0.25, 0.3) is 5.91 Å². The SMILES string of the molecule is Cc1ccc([C@@H](CN2CCOCC2)NC(=O)COc2ccc(C)c(C)c2)cc1. The third-order valence-corrected chi connectivity index (χ3v) is 5.21. The molecule has 1 atom stereocenters. The maximum atomic E-state index is 12.6. The summed E-state index contributed by atoms with van der Waals surface area (Å²) in [6, 6.07) is 14.1. The van der Waals surface area contributed by atoms with Crippen LogP contribution in [0.3, 0.4) is 0 Å². The Bertz CT molecular complexity index is 783. The van der Waals surface area contributed by atoms with Gasteiger partial charge < -0.3 is 14.8 Å². The molecule has 5 heteroatoms. The second-order valence-corrected chi connectivity index (χ2v) is 7.48. The molecule has 1 N–H and O–H groups in total. The van der Waals surface area contributed by atoms with Crippen LogP contribution in [-0.4, -0.2) is 50.3 Å². The highest BCUT2D eigenvalue weighted by Crippen LogP contribution is 2.18. The van der Waals surface area contributed by atoms with E-state index in [0.29, 0.717) is 0 Å². The first-order valence-corrected chi connectivity index (χ1v) is 9.87. The standard InChI is InChI=1S/C23H30N2O3/c1-17-4-7-20(8-5-17)22(15-25-10-12-27-13-11-25)24-23(26)16-28-21-9-6-18(2)19(3)14-21/h4-9,14,22H,10-13,15-16H2,1-3H3,(H,24,26)/t22-/m1/s1. The maximum Gasteiger partial charge on any atom is 0.258 e. The molecule has 0 radical (unpaired) electrons. The number of nitrogens with zero attached hydrogens (tertiary/aromatic N) is 1. The summed E-state index contributed by atoms with van der Waals surface area (Å²) >= 11 is 0. The van der Waals surface area contributed by atoms with Crippen LogP contribution in [0.25, 0.3) is 0 Å². The average molecular weight is 383 g/mol. The van der Waals surface area contributed by atoms with E-state index in [1.807, 2.05) is 25.1 Å². The Morgan fingerprint density at radius 3 is 2.46 bits per heavy atom. The number of amides is 1. The molecule has 28 heavy (non-hydrogen) atoms. The van der Waals surface area contributed by atoms with Crippen LogP contribution in [0, 0.1) is 20.8 Å². The number of ether oxygens (including phenoxy) is 2. The molecule has 150 valence electrons. The molecule has 1 aliphatic rings. The molecule has 0 unspecified atom stereocenters. The van der Waals surface area contributed by atoms with Gasteiger partial charge >= 0.3 is 0 Å². The lowest BCUT2D eigenvalue weighted by Crippen LogP contribution is -2.44. The van der Waals surface area contributed by atoms with Gasteiger partial charge in [0.1, 0.15) is 5.75 Å². The molecule has 0 saturated carbocycles. The first-order valence-electron chi connectivity index (χ1n) is 9.87. The van der Waals surface area contributed by atoms with Gasteiger partial charge in [-0.25, -0.2) is 0 Å². The van der Waals surface area contributed by atoms with E-state index in [-0.39, 0.29) is 18.6 Å². The van der Waals surface area contributed by atoms with Crippen LogP contribution in [0.2, 0.25) is 0 Å². The van der Waals surface area contributed by atoms with Crippen molar-refractivity contribution in [3.63, 3.8) is 0 Å². The van der Waals surface area contributed by atoms with Crippen molar-refractivity contribution in [3.05, 3.63) is 64.7 Å². The van der Waals surface area contributed by atoms with E-state index in [1.54, 1.807) is 0 Å². The number of carbonyl (C=O) groups is 1. The maximum absolute atomic E-state index is 12.6. The summed E-state index contributed by atoms with van der Waals surface area (Å²) in [7, 11) is 0. The average Bonchev–Trinajstić information content (AvgIpc) is 2.70. The first kappa shape index (κ1) is 20.4. The summed E-state index contributed by atoms with van der Waals surface area (Å²) in [4.78, 5) is 14.9.